The van der Waals surface area contributed by atoms with E-state index in [1.54, 1.807) is 0 Å². The molecular formula is C28H52N2O4. The van der Waals surface area contributed by atoms with Gasteiger partial charge in [-0.15, -0.1) is 0 Å². The number of hydrogen-bond donors (Lipinski definition) is 4. The van der Waals surface area contributed by atoms with Crippen LogP contribution in [0.1, 0.15) is 114 Å². The lowest BCUT2D eigenvalue weighted by atomic mass is 9.47. The lowest BCUT2D eigenvalue weighted by Gasteiger charge is -2.63. The van der Waals surface area contributed by atoms with Gasteiger partial charge in [-0.3, -0.25) is 9.59 Å². The molecule has 6 heteroatoms. The second-order valence-electron chi connectivity index (χ2n) is 12.7. The summed E-state index contributed by atoms with van der Waals surface area (Å²) in [5.41, 5.74) is -2.33. The molecule has 2 rings (SSSR count). The largest absolute Gasteiger partial charge is 0.481 e. The molecule has 8 unspecified atom stereocenters. The van der Waals surface area contributed by atoms with Crippen LogP contribution in [0.25, 0.3) is 0 Å². The van der Waals surface area contributed by atoms with E-state index >= 15 is 0 Å². The fraction of sp³-hybridized carbons (Fsp3) is 0.929. The minimum absolute atomic E-state index is 0.0235. The predicted molar refractivity (Wildman–Crippen MR) is 138 cm³/mol. The smallest absolute Gasteiger partial charge is 0.310 e. The molecule has 0 spiro atoms. The van der Waals surface area contributed by atoms with Gasteiger partial charge >= 0.3 is 11.9 Å². The zero-order valence-electron chi connectivity index (χ0n) is 23.5. The first-order valence-electron chi connectivity index (χ1n) is 13.6. The van der Waals surface area contributed by atoms with Gasteiger partial charge < -0.3 is 20.8 Å². The van der Waals surface area contributed by atoms with Gasteiger partial charge in [0.15, 0.2) is 0 Å². The summed E-state index contributed by atoms with van der Waals surface area (Å²) in [6, 6.07) is 0. The van der Waals surface area contributed by atoms with Gasteiger partial charge in [0.2, 0.25) is 0 Å². The molecule has 34 heavy (non-hydrogen) atoms. The Morgan fingerprint density at radius 3 is 1.35 bits per heavy atom. The second kappa shape index (κ2) is 9.72. The van der Waals surface area contributed by atoms with Crippen LogP contribution < -0.4 is 10.6 Å². The maximum absolute atomic E-state index is 13.5. The van der Waals surface area contributed by atoms with Gasteiger partial charge in [0.1, 0.15) is 0 Å². The van der Waals surface area contributed by atoms with Gasteiger partial charge in [-0.05, 0) is 89.9 Å². The molecule has 0 saturated carbocycles. The average molecular weight is 481 g/mol. The summed E-state index contributed by atoms with van der Waals surface area (Å²) in [4.78, 5) is 26.0. The number of hydrogen-bond acceptors (Lipinski definition) is 4. The third-order valence-electron chi connectivity index (χ3n) is 10.9. The van der Waals surface area contributed by atoms with Crippen LogP contribution in [0.5, 0.6) is 0 Å². The fourth-order valence-corrected chi connectivity index (χ4v) is 7.64. The Morgan fingerprint density at radius 1 is 0.765 bits per heavy atom. The summed E-state index contributed by atoms with van der Waals surface area (Å²) in [7, 11) is 0. The van der Waals surface area contributed by atoms with Crippen LogP contribution in [0, 0.1) is 29.1 Å². The Kier molecular flexibility index (Phi) is 8.32. The van der Waals surface area contributed by atoms with E-state index in [2.05, 4.69) is 79.9 Å². The van der Waals surface area contributed by atoms with E-state index in [-0.39, 0.29) is 52.2 Å². The van der Waals surface area contributed by atoms with Gasteiger partial charge in [0.05, 0.1) is 11.8 Å². The van der Waals surface area contributed by atoms with Crippen molar-refractivity contribution in [2.45, 2.75) is 136 Å². The van der Waals surface area contributed by atoms with E-state index in [0.29, 0.717) is 12.8 Å². The van der Waals surface area contributed by atoms with E-state index in [0.717, 1.165) is 25.7 Å². The van der Waals surface area contributed by atoms with E-state index in [4.69, 9.17) is 0 Å². The van der Waals surface area contributed by atoms with E-state index in [1.165, 1.54) is 0 Å². The zero-order chi connectivity index (χ0) is 26.3. The molecule has 0 aromatic rings. The molecule has 0 amide bonds. The molecule has 0 aromatic heterocycles. The number of carboxylic acids is 2. The molecule has 6 nitrogen and oxygen atoms in total. The van der Waals surface area contributed by atoms with Crippen molar-refractivity contribution in [3.8, 4) is 0 Å². The van der Waals surface area contributed by atoms with Gasteiger partial charge in [-0.1, -0.05) is 41.5 Å². The Bertz CT molecular complexity index is 726. The lowest BCUT2D eigenvalue weighted by molar-refractivity contribution is -0.182. The highest BCUT2D eigenvalue weighted by Crippen LogP contribution is 2.59. The van der Waals surface area contributed by atoms with Gasteiger partial charge in [-0.2, -0.15) is 0 Å². The molecule has 4 N–H and O–H groups in total. The normalized spacial score (nSPS) is 44.9. The first-order chi connectivity index (χ1) is 15.5. The molecule has 198 valence electrons. The highest BCUT2D eigenvalue weighted by molar-refractivity contribution is 5.82. The van der Waals surface area contributed by atoms with Crippen LogP contribution >= 0.6 is 0 Å². The quantitative estimate of drug-likeness (QED) is 0.338. The Balaban J connectivity index is 2.83. The summed E-state index contributed by atoms with van der Waals surface area (Å²) < 4.78 is 0. The highest BCUT2D eigenvalue weighted by Gasteiger charge is 2.64. The predicted octanol–water partition coefficient (Wildman–Crippen LogP) is 5.70. The van der Waals surface area contributed by atoms with Crippen LogP contribution in [0.4, 0.5) is 0 Å². The number of carbonyl (C=O) groups is 2. The summed E-state index contributed by atoms with van der Waals surface area (Å²) >= 11 is 0. The first-order valence-corrected chi connectivity index (χ1v) is 13.6. The first kappa shape index (κ1) is 29.1. The van der Waals surface area contributed by atoms with Crippen molar-refractivity contribution < 1.29 is 19.8 Å². The summed E-state index contributed by atoms with van der Waals surface area (Å²) in [5.74, 6) is -2.38. The average Bonchev–Trinajstić information content (AvgIpc) is 2.77. The molecule has 2 aliphatic heterocycles. The van der Waals surface area contributed by atoms with Crippen molar-refractivity contribution in [1.82, 2.24) is 10.6 Å². The Morgan fingerprint density at radius 2 is 1.12 bits per heavy atom. The van der Waals surface area contributed by atoms with Crippen molar-refractivity contribution >= 4 is 11.9 Å². The van der Waals surface area contributed by atoms with E-state index in [1.807, 2.05) is 0 Å². The van der Waals surface area contributed by atoms with Crippen LogP contribution in [-0.2, 0) is 9.59 Å². The molecule has 0 aromatic carbocycles. The van der Waals surface area contributed by atoms with Crippen LogP contribution in [0.3, 0.4) is 0 Å². The third-order valence-corrected chi connectivity index (χ3v) is 10.9. The molecule has 0 radical (unpaired) electrons. The van der Waals surface area contributed by atoms with Gasteiger partial charge in [0.25, 0.3) is 0 Å². The molecule has 2 aliphatic rings. The maximum Gasteiger partial charge on any atom is 0.310 e. The topological polar surface area (TPSA) is 98.7 Å². The molecule has 2 saturated heterocycles. The van der Waals surface area contributed by atoms with Crippen LogP contribution in [-0.4, -0.2) is 44.3 Å². The SMILES string of the molecule is CCC1(C)CC(C(CC(=O)O)(C(=O)O)C2CC(C)(CC)NC(C)(CC)C2C)C(C)C(C)(CC)N1. The number of rotatable bonds is 9. The number of piperidine rings is 2. The van der Waals surface area contributed by atoms with Crippen LogP contribution in [0.2, 0.25) is 0 Å². The van der Waals surface area contributed by atoms with E-state index < -0.39 is 17.4 Å². The second-order valence-corrected chi connectivity index (χ2v) is 12.7. The molecule has 0 bridgehead atoms. The van der Waals surface area contributed by atoms with Crippen LogP contribution in [0.15, 0.2) is 0 Å². The summed E-state index contributed by atoms with van der Waals surface area (Å²) in [5, 5.41) is 29.0. The minimum atomic E-state index is -1.34. The standard InChI is InChI=1S/C28H52N2O4/c1-11-24(7)15-20(18(5)26(9,13-3)29-24)28(23(33)34,17-22(31)32)21-16-25(8,12-2)30-27(10,14-4)19(21)6/h18-21,29-30H,11-17H2,1-10H3,(H,31,32)(H,33,34). The maximum atomic E-state index is 13.5. The Labute approximate surface area is 208 Å². The molecule has 2 heterocycles. The van der Waals surface area contributed by atoms with Crippen molar-refractivity contribution in [1.29, 1.82) is 0 Å². The number of carboxylic acid groups (broad SMARTS) is 2. The minimum Gasteiger partial charge on any atom is -0.481 e. The van der Waals surface area contributed by atoms with Crippen molar-refractivity contribution in [3.63, 3.8) is 0 Å². The van der Waals surface area contributed by atoms with Crippen molar-refractivity contribution in [3.05, 3.63) is 0 Å². The number of nitrogens with one attached hydrogen (secondary N) is 2. The molecule has 0 aliphatic carbocycles. The summed E-state index contributed by atoms with van der Waals surface area (Å²) in [6.45, 7) is 21.7. The summed E-state index contributed by atoms with van der Waals surface area (Å²) in [6.07, 6.45) is 4.48. The third kappa shape index (κ3) is 4.78. The van der Waals surface area contributed by atoms with Crippen molar-refractivity contribution in [2.75, 3.05) is 0 Å². The zero-order valence-corrected chi connectivity index (χ0v) is 23.5. The Hall–Kier alpha value is -1.14. The van der Waals surface area contributed by atoms with Crippen molar-refractivity contribution in [2.24, 2.45) is 29.1 Å². The number of aliphatic carboxylic acids is 2. The molecule has 2 fully saturated rings. The monoisotopic (exact) mass is 480 g/mol. The lowest BCUT2D eigenvalue weighted by Crippen LogP contribution is -2.71. The van der Waals surface area contributed by atoms with Gasteiger partial charge in [0, 0.05) is 22.2 Å². The molecule has 8 atom stereocenters. The van der Waals surface area contributed by atoms with Gasteiger partial charge in [-0.25, -0.2) is 0 Å². The van der Waals surface area contributed by atoms with E-state index in [9.17, 15) is 19.8 Å². The fourth-order valence-electron chi connectivity index (χ4n) is 7.64. The molecular weight excluding hydrogens is 428 g/mol. The highest BCUT2D eigenvalue weighted by atomic mass is 16.4.